The van der Waals surface area contributed by atoms with E-state index in [0.29, 0.717) is 40.3 Å². The molecule has 3 heterocycles. The fourth-order valence-corrected chi connectivity index (χ4v) is 3.72. The van der Waals surface area contributed by atoms with Crippen LogP contribution in [0.3, 0.4) is 0 Å². The summed E-state index contributed by atoms with van der Waals surface area (Å²) >= 11 is 12.5. The molecule has 0 radical (unpaired) electrons. The first kappa shape index (κ1) is 18.1. The van der Waals surface area contributed by atoms with Crippen LogP contribution >= 0.6 is 23.2 Å². The second kappa shape index (κ2) is 7.76. The highest BCUT2D eigenvalue weighted by molar-refractivity contribution is 6.39. The van der Waals surface area contributed by atoms with E-state index in [9.17, 15) is 0 Å². The van der Waals surface area contributed by atoms with Crippen LogP contribution in [0.1, 0.15) is 0 Å². The van der Waals surface area contributed by atoms with Crippen molar-refractivity contribution in [3.05, 3.63) is 46.6 Å². The first-order chi connectivity index (χ1) is 13.2. The zero-order valence-electron chi connectivity index (χ0n) is 14.7. The Balaban J connectivity index is 1.72. The van der Waals surface area contributed by atoms with Crippen LogP contribution in [0.25, 0.3) is 10.9 Å². The average molecular weight is 405 g/mol. The molecule has 2 aromatic heterocycles. The van der Waals surface area contributed by atoms with Gasteiger partial charge in [0.1, 0.15) is 11.3 Å². The molecule has 0 aliphatic carbocycles. The predicted octanol–water partition coefficient (Wildman–Crippen LogP) is 4.53. The van der Waals surface area contributed by atoms with Gasteiger partial charge in [-0.25, -0.2) is 9.97 Å². The van der Waals surface area contributed by atoms with Crippen LogP contribution in [0.2, 0.25) is 10.0 Å². The molecule has 0 spiro atoms. The number of hydrogen-bond donors (Lipinski definition) is 1. The number of nitrogens with zero attached hydrogens (tertiary/aromatic N) is 3. The molecule has 8 heteroatoms. The zero-order valence-corrected chi connectivity index (χ0v) is 16.2. The number of halogens is 2. The minimum absolute atomic E-state index is 0.423. The van der Waals surface area contributed by atoms with Crippen molar-refractivity contribution >= 4 is 51.4 Å². The lowest BCUT2D eigenvalue weighted by atomic mass is 10.2. The van der Waals surface area contributed by atoms with E-state index in [2.05, 4.69) is 20.2 Å². The Morgan fingerprint density at radius 1 is 1.15 bits per heavy atom. The van der Waals surface area contributed by atoms with Crippen molar-refractivity contribution in [3.63, 3.8) is 0 Å². The molecule has 6 nitrogen and oxygen atoms in total. The Labute approximate surface area is 167 Å². The molecule has 1 aromatic carbocycles. The summed E-state index contributed by atoms with van der Waals surface area (Å²) in [6.07, 6.45) is 1.75. The summed E-state index contributed by atoms with van der Waals surface area (Å²) in [5.41, 5.74) is 1.61. The van der Waals surface area contributed by atoms with Gasteiger partial charge < -0.3 is 19.7 Å². The van der Waals surface area contributed by atoms with Crippen LogP contribution in [-0.4, -0.2) is 43.4 Å². The highest BCUT2D eigenvalue weighted by Gasteiger charge is 2.17. The van der Waals surface area contributed by atoms with Crippen LogP contribution in [-0.2, 0) is 4.74 Å². The zero-order chi connectivity index (χ0) is 18.8. The molecule has 27 heavy (non-hydrogen) atoms. The molecule has 0 amide bonds. The van der Waals surface area contributed by atoms with E-state index >= 15 is 0 Å². The van der Waals surface area contributed by atoms with Crippen LogP contribution in [0.15, 0.2) is 36.5 Å². The maximum Gasteiger partial charge on any atom is 0.163 e. The van der Waals surface area contributed by atoms with Crippen molar-refractivity contribution in [2.45, 2.75) is 0 Å². The summed E-state index contributed by atoms with van der Waals surface area (Å²) < 4.78 is 10.9. The van der Waals surface area contributed by atoms with E-state index in [-0.39, 0.29) is 0 Å². The predicted molar refractivity (Wildman–Crippen MR) is 109 cm³/mol. The van der Waals surface area contributed by atoms with Gasteiger partial charge in [-0.3, -0.25) is 0 Å². The standard InChI is InChI=1S/C19H18Cl2N4O2/c1-26-18-14(21)11-13(20)12-4-5-16(23-17(12)18)24-19-15(3-2-6-22-19)25-7-9-27-10-8-25/h2-6,11H,7-10H2,1H3,(H,22,23,24). The number of morpholine rings is 1. The number of anilines is 3. The van der Waals surface area contributed by atoms with Crippen LogP contribution in [0, 0.1) is 0 Å². The van der Waals surface area contributed by atoms with Crippen molar-refractivity contribution in [2.24, 2.45) is 0 Å². The topological polar surface area (TPSA) is 59.5 Å². The summed E-state index contributed by atoms with van der Waals surface area (Å²) in [7, 11) is 1.56. The first-order valence-electron chi connectivity index (χ1n) is 8.55. The number of hydrogen-bond acceptors (Lipinski definition) is 6. The van der Waals surface area contributed by atoms with Gasteiger partial charge in [-0.1, -0.05) is 23.2 Å². The molecule has 140 valence electrons. The van der Waals surface area contributed by atoms with Crippen molar-refractivity contribution in [3.8, 4) is 5.75 Å². The Hall–Kier alpha value is -2.28. The highest BCUT2D eigenvalue weighted by Crippen LogP contribution is 2.38. The van der Waals surface area contributed by atoms with Gasteiger partial charge in [-0.15, -0.1) is 0 Å². The minimum atomic E-state index is 0.423. The molecule has 1 aliphatic rings. The number of ether oxygens (including phenoxy) is 2. The number of benzene rings is 1. The van der Waals surface area contributed by atoms with Crippen LogP contribution in [0.4, 0.5) is 17.3 Å². The van der Waals surface area contributed by atoms with Gasteiger partial charge in [0.25, 0.3) is 0 Å². The molecule has 3 aromatic rings. The summed E-state index contributed by atoms with van der Waals surface area (Å²) in [6, 6.07) is 9.37. The normalized spacial score (nSPS) is 14.4. The molecule has 0 bridgehead atoms. The average Bonchev–Trinajstić information content (AvgIpc) is 2.69. The molecule has 1 fully saturated rings. The summed E-state index contributed by atoms with van der Waals surface area (Å²) in [5, 5.41) is 5.03. The molecule has 4 rings (SSSR count). The van der Waals surface area contributed by atoms with Crippen molar-refractivity contribution < 1.29 is 9.47 Å². The van der Waals surface area contributed by atoms with Crippen molar-refractivity contribution in [1.29, 1.82) is 0 Å². The fourth-order valence-electron chi connectivity index (χ4n) is 3.13. The molecule has 0 saturated carbocycles. The number of nitrogens with one attached hydrogen (secondary N) is 1. The number of methoxy groups -OCH3 is 1. The van der Waals surface area contributed by atoms with Gasteiger partial charge in [-0.2, -0.15) is 0 Å². The third-order valence-corrected chi connectivity index (χ3v) is 5.02. The minimum Gasteiger partial charge on any atom is -0.493 e. The van der Waals surface area contributed by atoms with E-state index in [1.165, 1.54) is 0 Å². The lowest BCUT2D eigenvalue weighted by Gasteiger charge is -2.30. The van der Waals surface area contributed by atoms with Gasteiger partial charge in [0.2, 0.25) is 0 Å². The number of fused-ring (bicyclic) bond motifs is 1. The third kappa shape index (κ3) is 3.60. The van der Waals surface area contributed by atoms with Gasteiger partial charge in [0.15, 0.2) is 11.6 Å². The van der Waals surface area contributed by atoms with E-state index in [4.69, 9.17) is 32.7 Å². The van der Waals surface area contributed by atoms with E-state index < -0.39 is 0 Å². The number of aromatic nitrogens is 2. The maximum absolute atomic E-state index is 6.30. The van der Waals surface area contributed by atoms with E-state index in [1.807, 2.05) is 24.3 Å². The Kier molecular flexibility index (Phi) is 5.20. The number of pyridine rings is 2. The van der Waals surface area contributed by atoms with Gasteiger partial charge in [-0.05, 0) is 30.3 Å². The fraction of sp³-hybridized carbons (Fsp3) is 0.263. The Bertz CT molecular complexity index is 977. The molecule has 0 atom stereocenters. The summed E-state index contributed by atoms with van der Waals surface area (Å²) in [4.78, 5) is 11.4. The monoisotopic (exact) mass is 404 g/mol. The van der Waals surface area contributed by atoms with Gasteiger partial charge in [0, 0.05) is 24.7 Å². The van der Waals surface area contributed by atoms with Gasteiger partial charge >= 0.3 is 0 Å². The smallest absolute Gasteiger partial charge is 0.163 e. The van der Waals surface area contributed by atoms with Crippen molar-refractivity contribution in [1.82, 2.24) is 9.97 Å². The quantitative estimate of drug-likeness (QED) is 0.689. The van der Waals surface area contributed by atoms with Crippen LogP contribution in [0.5, 0.6) is 5.75 Å². The molecular weight excluding hydrogens is 387 g/mol. The third-order valence-electron chi connectivity index (χ3n) is 4.43. The van der Waals surface area contributed by atoms with Gasteiger partial charge in [0.05, 0.1) is 36.1 Å². The number of rotatable bonds is 4. The molecule has 1 N–H and O–H groups in total. The second-order valence-corrected chi connectivity index (χ2v) is 6.88. The largest absolute Gasteiger partial charge is 0.493 e. The van der Waals surface area contributed by atoms with E-state index in [1.54, 1.807) is 19.4 Å². The molecule has 1 saturated heterocycles. The second-order valence-electron chi connectivity index (χ2n) is 6.06. The molecule has 1 aliphatic heterocycles. The summed E-state index contributed by atoms with van der Waals surface area (Å²) in [5.74, 6) is 1.86. The molecule has 0 unspecified atom stereocenters. The Morgan fingerprint density at radius 3 is 2.74 bits per heavy atom. The summed E-state index contributed by atoms with van der Waals surface area (Å²) in [6.45, 7) is 3.06. The first-order valence-corrected chi connectivity index (χ1v) is 9.30. The SMILES string of the molecule is COc1c(Cl)cc(Cl)c2ccc(Nc3ncccc3N3CCOCC3)nc12. The lowest BCUT2D eigenvalue weighted by molar-refractivity contribution is 0.122. The van der Waals surface area contributed by atoms with E-state index in [0.717, 1.165) is 30.0 Å². The lowest BCUT2D eigenvalue weighted by Crippen LogP contribution is -2.36. The maximum atomic E-state index is 6.30. The highest BCUT2D eigenvalue weighted by atomic mass is 35.5. The molecular formula is C19H18Cl2N4O2. The van der Waals surface area contributed by atoms with Crippen LogP contribution < -0.4 is 15.0 Å². The Morgan fingerprint density at radius 2 is 1.96 bits per heavy atom. The van der Waals surface area contributed by atoms with Crippen molar-refractivity contribution in [2.75, 3.05) is 43.6 Å².